The van der Waals surface area contributed by atoms with E-state index in [0.717, 1.165) is 11.1 Å². The lowest BCUT2D eigenvalue weighted by atomic mass is 10.0. The number of carbonyl (C=O) groups excluding carboxylic acids is 2. The fraction of sp³-hybridized carbons (Fsp3) is 0.154. The molecule has 6 heteroatoms. The standard InChI is InChI=1S/C26H22N2O4/c1-17(2)19-8-14-22(15-9-19)25-27-24(28-32-25)21-12-10-20(11-13-21)23(29)26(30)31-16-18-6-4-3-5-7-18/h3-15,17H,16H2,1-2H3. The Morgan fingerprint density at radius 3 is 2.19 bits per heavy atom. The van der Waals surface area contributed by atoms with Crippen LogP contribution >= 0.6 is 0 Å². The molecule has 4 aromatic rings. The van der Waals surface area contributed by atoms with Gasteiger partial charge in [-0.05, 0) is 29.2 Å². The first kappa shape index (κ1) is 21.2. The Bertz CT molecular complexity index is 1210. The molecule has 0 fully saturated rings. The second-order valence-corrected chi connectivity index (χ2v) is 7.67. The predicted molar refractivity (Wildman–Crippen MR) is 120 cm³/mol. The molecule has 0 radical (unpaired) electrons. The van der Waals surface area contributed by atoms with Gasteiger partial charge in [-0.3, -0.25) is 4.79 Å². The molecule has 1 heterocycles. The lowest BCUT2D eigenvalue weighted by Crippen LogP contribution is -2.17. The summed E-state index contributed by atoms with van der Waals surface area (Å²) in [5.74, 6) is -0.336. The minimum atomic E-state index is -0.895. The largest absolute Gasteiger partial charge is 0.455 e. The lowest BCUT2D eigenvalue weighted by molar-refractivity contribution is -0.139. The smallest absolute Gasteiger partial charge is 0.380 e. The number of ether oxygens (including phenoxy) is 1. The van der Waals surface area contributed by atoms with E-state index in [0.29, 0.717) is 23.2 Å². The fourth-order valence-electron chi connectivity index (χ4n) is 3.15. The number of ketones is 1. The highest BCUT2D eigenvalue weighted by atomic mass is 16.5. The van der Waals surface area contributed by atoms with Crippen LogP contribution in [0.4, 0.5) is 0 Å². The van der Waals surface area contributed by atoms with Crippen LogP contribution < -0.4 is 0 Å². The summed E-state index contributed by atoms with van der Waals surface area (Å²) in [5.41, 5.74) is 3.79. The number of hydrogen-bond acceptors (Lipinski definition) is 6. The van der Waals surface area contributed by atoms with E-state index in [-0.39, 0.29) is 12.2 Å². The highest BCUT2D eigenvalue weighted by molar-refractivity contribution is 6.40. The molecule has 0 saturated carbocycles. The number of benzene rings is 3. The average Bonchev–Trinajstić information content (AvgIpc) is 3.33. The molecular weight excluding hydrogens is 404 g/mol. The summed E-state index contributed by atoms with van der Waals surface area (Å²) < 4.78 is 10.5. The minimum Gasteiger partial charge on any atom is -0.455 e. The Kier molecular flexibility index (Phi) is 6.22. The van der Waals surface area contributed by atoms with Gasteiger partial charge in [-0.2, -0.15) is 4.98 Å². The highest BCUT2D eigenvalue weighted by Gasteiger charge is 2.19. The Hall–Kier alpha value is -4.06. The third-order valence-electron chi connectivity index (χ3n) is 5.05. The molecule has 0 aliphatic carbocycles. The van der Waals surface area contributed by atoms with E-state index < -0.39 is 11.8 Å². The Morgan fingerprint density at radius 1 is 0.875 bits per heavy atom. The van der Waals surface area contributed by atoms with Crippen LogP contribution in [-0.4, -0.2) is 21.9 Å². The summed E-state index contributed by atoms with van der Waals surface area (Å²) in [6.07, 6.45) is 0. The molecule has 4 rings (SSSR count). The van der Waals surface area contributed by atoms with Gasteiger partial charge < -0.3 is 9.26 Å². The number of nitrogens with zero attached hydrogens (tertiary/aromatic N) is 2. The lowest BCUT2D eigenvalue weighted by Gasteiger charge is -2.04. The van der Waals surface area contributed by atoms with Crippen LogP contribution in [0.3, 0.4) is 0 Å². The average molecular weight is 426 g/mol. The van der Waals surface area contributed by atoms with Crippen LogP contribution in [0, 0.1) is 0 Å². The molecule has 0 N–H and O–H groups in total. The van der Waals surface area contributed by atoms with E-state index in [9.17, 15) is 9.59 Å². The van der Waals surface area contributed by atoms with Crippen molar-refractivity contribution in [1.82, 2.24) is 10.1 Å². The van der Waals surface area contributed by atoms with E-state index >= 15 is 0 Å². The van der Waals surface area contributed by atoms with Gasteiger partial charge in [0.2, 0.25) is 5.82 Å². The fourth-order valence-corrected chi connectivity index (χ4v) is 3.15. The molecule has 0 atom stereocenters. The van der Waals surface area contributed by atoms with E-state index in [4.69, 9.17) is 9.26 Å². The zero-order chi connectivity index (χ0) is 22.5. The topological polar surface area (TPSA) is 82.3 Å². The molecule has 1 aromatic heterocycles. The van der Waals surface area contributed by atoms with E-state index in [1.54, 1.807) is 24.3 Å². The van der Waals surface area contributed by atoms with Gasteiger partial charge in [0.1, 0.15) is 6.61 Å². The minimum absolute atomic E-state index is 0.0489. The Morgan fingerprint density at radius 2 is 1.53 bits per heavy atom. The van der Waals surface area contributed by atoms with Gasteiger partial charge in [0, 0.05) is 16.7 Å². The van der Waals surface area contributed by atoms with E-state index in [2.05, 4.69) is 24.0 Å². The van der Waals surface area contributed by atoms with Crippen molar-refractivity contribution in [3.8, 4) is 22.8 Å². The van der Waals surface area contributed by atoms with Gasteiger partial charge in [-0.25, -0.2) is 4.79 Å². The normalized spacial score (nSPS) is 10.8. The molecule has 0 bridgehead atoms. The van der Waals surface area contributed by atoms with Gasteiger partial charge in [-0.15, -0.1) is 0 Å². The molecule has 0 amide bonds. The maximum atomic E-state index is 12.4. The van der Waals surface area contributed by atoms with Crippen LogP contribution in [0.5, 0.6) is 0 Å². The molecule has 0 spiro atoms. The number of carbonyl (C=O) groups is 2. The quantitative estimate of drug-likeness (QED) is 0.222. The van der Waals surface area contributed by atoms with Crippen molar-refractivity contribution in [2.75, 3.05) is 0 Å². The summed E-state index contributed by atoms with van der Waals surface area (Å²) in [4.78, 5) is 28.9. The second kappa shape index (κ2) is 9.39. The maximum Gasteiger partial charge on any atom is 0.380 e. The first-order valence-corrected chi connectivity index (χ1v) is 10.3. The van der Waals surface area contributed by atoms with Crippen LogP contribution in [0.25, 0.3) is 22.8 Å². The van der Waals surface area contributed by atoms with Crippen LogP contribution in [0.15, 0.2) is 83.4 Å². The van der Waals surface area contributed by atoms with Gasteiger partial charge in [-0.1, -0.05) is 85.7 Å². The summed E-state index contributed by atoms with van der Waals surface area (Å²) >= 11 is 0. The summed E-state index contributed by atoms with van der Waals surface area (Å²) in [7, 11) is 0. The molecular formula is C26H22N2O4. The van der Waals surface area contributed by atoms with Crippen LogP contribution in [0.2, 0.25) is 0 Å². The zero-order valence-corrected chi connectivity index (χ0v) is 17.8. The summed E-state index contributed by atoms with van der Waals surface area (Å²) in [6, 6.07) is 23.6. The maximum absolute atomic E-state index is 12.4. The Balaban J connectivity index is 1.42. The van der Waals surface area contributed by atoms with Crippen LogP contribution in [0.1, 0.15) is 41.3 Å². The summed E-state index contributed by atoms with van der Waals surface area (Å²) in [6.45, 7) is 4.32. The van der Waals surface area contributed by atoms with Gasteiger partial charge in [0.25, 0.3) is 11.7 Å². The Labute approximate surface area is 185 Å². The number of rotatable bonds is 7. The predicted octanol–water partition coefficient (Wildman–Crippen LogP) is 5.45. The first-order chi connectivity index (χ1) is 15.5. The highest BCUT2D eigenvalue weighted by Crippen LogP contribution is 2.24. The van der Waals surface area contributed by atoms with Crippen molar-refractivity contribution in [2.24, 2.45) is 0 Å². The number of esters is 1. The van der Waals surface area contributed by atoms with Gasteiger partial charge >= 0.3 is 5.97 Å². The van der Waals surface area contributed by atoms with Crippen LogP contribution in [-0.2, 0) is 16.1 Å². The third-order valence-corrected chi connectivity index (χ3v) is 5.05. The van der Waals surface area contributed by atoms with Crippen molar-refractivity contribution < 1.29 is 18.8 Å². The van der Waals surface area contributed by atoms with Crippen molar-refractivity contribution in [2.45, 2.75) is 26.4 Å². The first-order valence-electron chi connectivity index (χ1n) is 10.3. The van der Waals surface area contributed by atoms with Crippen molar-refractivity contribution >= 4 is 11.8 Å². The van der Waals surface area contributed by atoms with E-state index in [1.165, 1.54) is 5.56 Å². The SMILES string of the molecule is CC(C)c1ccc(-c2nc(-c3ccc(C(=O)C(=O)OCc4ccccc4)cc3)no2)cc1. The number of hydrogen-bond donors (Lipinski definition) is 0. The van der Waals surface area contributed by atoms with Crippen molar-refractivity contribution in [1.29, 1.82) is 0 Å². The van der Waals surface area contributed by atoms with Crippen molar-refractivity contribution in [3.05, 3.63) is 95.6 Å². The monoisotopic (exact) mass is 426 g/mol. The number of Topliss-reactive ketones (excluding diaryl/α,β-unsaturated/α-hetero) is 1. The third kappa shape index (κ3) is 4.81. The van der Waals surface area contributed by atoms with E-state index in [1.807, 2.05) is 54.6 Å². The molecule has 0 aliphatic heterocycles. The molecule has 32 heavy (non-hydrogen) atoms. The molecule has 0 aliphatic rings. The molecule has 3 aromatic carbocycles. The van der Waals surface area contributed by atoms with Gasteiger partial charge in [0.05, 0.1) is 0 Å². The molecule has 6 nitrogen and oxygen atoms in total. The second-order valence-electron chi connectivity index (χ2n) is 7.67. The molecule has 160 valence electrons. The zero-order valence-electron chi connectivity index (χ0n) is 17.8. The molecule has 0 unspecified atom stereocenters. The van der Waals surface area contributed by atoms with Crippen molar-refractivity contribution in [3.63, 3.8) is 0 Å². The van der Waals surface area contributed by atoms with Gasteiger partial charge in [0.15, 0.2) is 0 Å². The number of aromatic nitrogens is 2. The summed E-state index contributed by atoms with van der Waals surface area (Å²) in [5, 5.41) is 4.03. The molecule has 0 saturated heterocycles.